The molecule has 1 saturated heterocycles. The first-order valence-corrected chi connectivity index (χ1v) is 8.47. The first kappa shape index (κ1) is 16.9. The van der Waals surface area contributed by atoms with E-state index >= 15 is 0 Å². The molecule has 4 nitrogen and oxygen atoms in total. The summed E-state index contributed by atoms with van der Waals surface area (Å²) in [5.74, 6) is 0.794. The second-order valence-electron chi connectivity index (χ2n) is 5.61. The molecule has 1 aliphatic rings. The maximum atomic E-state index is 12.6. The minimum Gasteiger partial charge on any atom is -0.497 e. The molecule has 2 aromatic carbocycles. The highest BCUT2D eigenvalue weighted by Crippen LogP contribution is 2.28. The third-order valence-electron chi connectivity index (χ3n) is 4.17. The van der Waals surface area contributed by atoms with E-state index in [0.29, 0.717) is 28.7 Å². The van der Waals surface area contributed by atoms with Crippen molar-refractivity contribution in [2.24, 2.45) is 0 Å². The van der Waals surface area contributed by atoms with Crippen molar-refractivity contribution in [1.82, 2.24) is 4.90 Å². The lowest BCUT2D eigenvalue weighted by Gasteiger charge is -2.36. The highest BCUT2D eigenvalue weighted by molar-refractivity contribution is 6.42. The topological polar surface area (TPSA) is 32.8 Å². The van der Waals surface area contributed by atoms with Crippen LogP contribution in [0.5, 0.6) is 5.75 Å². The molecule has 0 spiro atoms. The van der Waals surface area contributed by atoms with Gasteiger partial charge < -0.3 is 14.5 Å². The van der Waals surface area contributed by atoms with Crippen LogP contribution in [0.15, 0.2) is 42.5 Å². The molecular formula is C18H18Cl2N2O2. The van der Waals surface area contributed by atoms with E-state index in [0.717, 1.165) is 24.5 Å². The molecule has 0 atom stereocenters. The summed E-state index contributed by atoms with van der Waals surface area (Å²) in [4.78, 5) is 16.6. The van der Waals surface area contributed by atoms with Gasteiger partial charge in [0, 0.05) is 37.4 Å². The summed E-state index contributed by atoms with van der Waals surface area (Å²) in [6.45, 7) is 2.87. The standard InChI is InChI=1S/C18H18Cl2N2O2/c1-24-15-5-2-13(3-6-15)18(23)22-10-8-21(9-11-22)14-4-7-16(19)17(20)12-14/h2-7,12H,8-11H2,1H3. The number of nitrogens with zero attached hydrogens (tertiary/aromatic N) is 2. The lowest BCUT2D eigenvalue weighted by atomic mass is 10.1. The number of carbonyl (C=O) groups excluding carboxylic acids is 1. The van der Waals surface area contributed by atoms with Crippen molar-refractivity contribution in [2.75, 3.05) is 38.2 Å². The van der Waals surface area contributed by atoms with Gasteiger partial charge in [0.1, 0.15) is 5.75 Å². The van der Waals surface area contributed by atoms with Crippen LogP contribution < -0.4 is 9.64 Å². The minimum absolute atomic E-state index is 0.0476. The van der Waals surface area contributed by atoms with Gasteiger partial charge >= 0.3 is 0 Å². The highest BCUT2D eigenvalue weighted by Gasteiger charge is 2.22. The van der Waals surface area contributed by atoms with E-state index in [1.807, 2.05) is 17.0 Å². The van der Waals surface area contributed by atoms with Crippen LogP contribution in [0.25, 0.3) is 0 Å². The Morgan fingerprint density at radius 2 is 1.62 bits per heavy atom. The quantitative estimate of drug-likeness (QED) is 0.825. The molecule has 0 aliphatic carbocycles. The summed E-state index contributed by atoms with van der Waals surface area (Å²) < 4.78 is 5.12. The number of piperazine rings is 1. The van der Waals surface area contributed by atoms with Gasteiger partial charge in [0.15, 0.2) is 0 Å². The molecule has 24 heavy (non-hydrogen) atoms. The SMILES string of the molecule is COc1ccc(C(=O)N2CCN(c3ccc(Cl)c(Cl)c3)CC2)cc1. The van der Waals surface area contributed by atoms with E-state index in [1.54, 1.807) is 37.4 Å². The molecule has 1 amide bonds. The van der Waals surface area contributed by atoms with Crippen LogP contribution >= 0.6 is 23.2 Å². The fourth-order valence-corrected chi connectivity index (χ4v) is 3.06. The molecule has 0 N–H and O–H groups in total. The zero-order valence-electron chi connectivity index (χ0n) is 13.3. The number of hydrogen-bond acceptors (Lipinski definition) is 3. The number of amides is 1. The summed E-state index contributed by atoms with van der Waals surface area (Å²) in [7, 11) is 1.61. The van der Waals surface area contributed by atoms with Gasteiger partial charge in [0.25, 0.3) is 5.91 Å². The zero-order chi connectivity index (χ0) is 17.1. The van der Waals surface area contributed by atoms with Gasteiger partial charge in [0.2, 0.25) is 0 Å². The van der Waals surface area contributed by atoms with E-state index in [1.165, 1.54) is 0 Å². The zero-order valence-corrected chi connectivity index (χ0v) is 14.8. The summed E-state index contributed by atoms with van der Waals surface area (Å²) >= 11 is 12.0. The Morgan fingerprint density at radius 1 is 0.958 bits per heavy atom. The predicted octanol–water partition coefficient (Wildman–Crippen LogP) is 3.96. The van der Waals surface area contributed by atoms with Crippen molar-refractivity contribution in [2.45, 2.75) is 0 Å². The Kier molecular flexibility index (Phi) is 5.17. The van der Waals surface area contributed by atoms with Crippen molar-refractivity contribution in [3.8, 4) is 5.75 Å². The maximum absolute atomic E-state index is 12.6. The van der Waals surface area contributed by atoms with E-state index in [-0.39, 0.29) is 5.91 Å². The molecule has 0 bridgehead atoms. The molecule has 6 heteroatoms. The van der Waals surface area contributed by atoms with E-state index in [4.69, 9.17) is 27.9 Å². The van der Waals surface area contributed by atoms with Crippen LogP contribution in [-0.4, -0.2) is 44.1 Å². The summed E-state index contributed by atoms with van der Waals surface area (Å²) in [5, 5.41) is 1.10. The fraction of sp³-hybridized carbons (Fsp3) is 0.278. The molecule has 126 valence electrons. The number of carbonyl (C=O) groups is 1. The van der Waals surface area contributed by atoms with Gasteiger partial charge in [-0.15, -0.1) is 0 Å². The molecule has 1 fully saturated rings. The second kappa shape index (κ2) is 7.32. The predicted molar refractivity (Wildman–Crippen MR) is 97.6 cm³/mol. The second-order valence-corrected chi connectivity index (χ2v) is 6.42. The molecule has 2 aromatic rings. The molecule has 0 aromatic heterocycles. The number of rotatable bonds is 3. The van der Waals surface area contributed by atoms with Crippen LogP contribution in [-0.2, 0) is 0 Å². The normalized spacial score (nSPS) is 14.6. The van der Waals surface area contributed by atoms with Crippen LogP contribution in [0.4, 0.5) is 5.69 Å². The van der Waals surface area contributed by atoms with E-state index < -0.39 is 0 Å². The van der Waals surface area contributed by atoms with Crippen LogP contribution in [0.3, 0.4) is 0 Å². The molecule has 1 heterocycles. The van der Waals surface area contributed by atoms with Gasteiger partial charge in [0.05, 0.1) is 17.2 Å². The number of ether oxygens (including phenoxy) is 1. The first-order chi connectivity index (χ1) is 11.6. The van der Waals surface area contributed by atoms with Gasteiger partial charge in [-0.3, -0.25) is 4.79 Å². The molecule has 0 saturated carbocycles. The Morgan fingerprint density at radius 3 is 2.21 bits per heavy atom. The summed E-state index contributed by atoms with van der Waals surface area (Å²) in [6.07, 6.45) is 0. The largest absolute Gasteiger partial charge is 0.497 e. The average Bonchev–Trinajstić information content (AvgIpc) is 2.63. The first-order valence-electron chi connectivity index (χ1n) is 7.72. The highest BCUT2D eigenvalue weighted by atomic mass is 35.5. The van der Waals surface area contributed by atoms with Gasteiger partial charge in [-0.25, -0.2) is 0 Å². The third kappa shape index (κ3) is 3.60. The van der Waals surface area contributed by atoms with Crippen LogP contribution in [0.2, 0.25) is 10.0 Å². The minimum atomic E-state index is 0.0476. The van der Waals surface area contributed by atoms with Crippen molar-refractivity contribution in [3.63, 3.8) is 0 Å². The monoisotopic (exact) mass is 364 g/mol. The Hall–Kier alpha value is -1.91. The van der Waals surface area contributed by atoms with Crippen molar-refractivity contribution >= 4 is 34.8 Å². The number of methoxy groups -OCH3 is 1. The van der Waals surface area contributed by atoms with Crippen molar-refractivity contribution < 1.29 is 9.53 Å². The van der Waals surface area contributed by atoms with Crippen LogP contribution in [0, 0.1) is 0 Å². The molecule has 1 aliphatic heterocycles. The van der Waals surface area contributed by atoms with E-state index in [2.05, 4.69) is 4.90 Å². The summed E-state index contributed by atoms with van der Waals surface area (Å²) in [5.41, 5.74) is 1.71. The van der Waals surface area contributed by atoms with Gasteiger partial charge in [-0.05, 0) is 42.5 Å². The van der Waals surface area contributed by atoms with Gasteiger partial charge in [-0.1, -0.05) is 23.2 Å². The third-order valence-corrected chi connectivity index (χ3v) is 4.91. The maximum Gasteiger partial charge on any atom is 0.253 e. The molecule has 0 radical (unpaired) electrons. The summed E-state index contributed by atoms with van der Waals surface area (Å²) in [6, 6.07) is 12.8. The fourth-order valence-electron chi connectivity index (χ4n) is 2.77. The Balaban J connectivity index is 1.63. The van der Waals surface area contributed by atoms with Crippen molar-refractivity contribution in [1.29, 1.82) is 0 Å². The number of benzene rings is 2. The smallest absolute Gasteiger partial charge is 0.253 e. The number of halogens is 2. The molecule has 3 rings (SSSR count). The molecular weight excluding hydrogens is 347 g/mol. The Labute approximate surface area is 151 Å². The Bertz CT molecular complexity index is 726. The average molecular weight is 365 g/mol. The van der Waals surface area contributed by atoms with Gasteiger partial charge in [-0.2, -0.15) is 0 Å². The van der Waals surface area contributed by atoms with E-state index in [9.17, 15) is 4.79 Å². The molecule has 0 unspecified atom stereocenters. The lowest BCUT2D eigenvalue weighted by molar-refractivity contribution is 0.0747. The van der Waals surface area contributed by atoms with Crippen LogP contribution in [0.1, 0.15) is 10.4 Å². The lowest BCUT2D eigenvalue weighted by Crippen LogP contribution is -2.48. The number of anilines is 1. The van der Waals surface area contributed by atoms with Crippen molar-refractivity contribution in [3.05, 3.63) is 58.1 Å². The number of hydrogen-bond donors (Lipinski definition) is 0.